The molecule has 2 aromatic carbocycles. The smallest absolute Gasteiger partial charge is 0.228 e. The predicted molar refractivity (Wildman–Crippen MR) is 137 cm³/mol. The van der Waals surface area contributed by atoms with Gasteiger partial charge in [-0.15, -0.1) is 0 Å². The molecular formula is C29H31N3O2. The maximum absolute atomic E-state index is 6.18. The Morgan fingerprint density at radius 2 is 1.35 bits per heavy atom. The zero-order valence-electron chi connectivity index (χ0n) is 20.8. The summed E-state index contributed by atoms with van der Waals surface area (Å²) < 4.78 is 12.3. The molecule has 5 aromatic rings. The Labute approximate surface area is 200 Å². The van der Waals surface area contributed by atoms with E-state index in [1.54, 1.807) is 0 Å². The number of nitrogens with zero attached hydrogens (tertiary/aromatic N) is 3. The van der Waals surface area contributed by atoms with Crippen molar-refractivity contribution in [2.24, 2.45) is 0 Å². The van der Waals surface area contributed by atoms with E-state index in [0.717, 1.165) is 63.3 Å². The van der Waals surface area contributed by atoms with E-state index in [1.807, 2.05) is 36.5 Å². The van der Waals surface area contributed by atoms with Crippen molar-refractivity contribution < 1.29 is 8.83 Å². The van der Waals surface area contributed by atoms with Crippen molar-refractivity contribution in [1.29, 1.82) is 0 Å². The zero-order valence-corrected chi connectivity index (χ0v) is 20.8. The molecule has 0 saturated carbocycles. The second-order valence-corrected chi connectivity index (χ2v) is 10.7. The summed E-state index contributed by atoms with van der Waals surface area (Å²) in [6, 6.07) is 16.3. The molecule has 0 atom stereocenters. The van der Waals surface area contributed by atoms with Crippen LogP contribution in [0, 0.1) is 0 Å². The highest BCUT2D eigenvalue weighted by atomic mass is 16.4. The van der Waals surface area contributed by atoms with Crippen molar-refractivity contribution in [3.63, 3.8) is 0 Å². The standard InChI is InChI=1S/C29H31N3O2/c1-7-14-29(5,6)27-32-22-12-9-19(16-24(22)34-27)18-8-11-21-23(15-18)33-26(31-21)20-10-13-25(30-17-20)28(2,3)4/h8-13,15-17H,7,14H2,1-6H3. The number of aromatic nitrogens is 3. The van der Waals surface area contributed by atoms with Gasteiger partial charge in [0.05, 0.1) is 5.56 Å². The lowest BCUT2D eigenvalue weighted by atomic mass is 9.88. The van der Waals surface area contributed by atoms with Crippen molar-refractivity contribution in [3.8, 4) is 22.6 Å². The molecule has 0 aliphatic heterocycles. The first kappa shape index (κ1) is 22.3. The Kier molecular flexibility index (Phi) is 5.31. The van der Waals surface area contributed by atoms with Crippen LogP contribution < -0.4 is 0 Å². The van der Waals surface area contributed by atoms with Crippen LogP contribution >= 0.6 is 0 Å². The number of fused-ring (bicyclic) bond motifs is 2. The maximum atomic E-state index is 6.18. The van der Waals surface area contributed by atoms with E-state index >= 15 is 0 Å². The van der Waals surface area contributed by atoms with Crippen LogP contribution in [0.15, 0.2) is 63.6 Å². The van der Waals surface area contributed by atoms with Crippen LogP contribution in [0.5, 0.6) is 0 Å². The first-order valence-electron chi connectivity index (χ1n) is 11.9. The van der Waals surface area contributed by atoms with Gasteiger partial charge in [-0.05, 0) is 53.9 Å². The Morgan fingerprint density at radius 3 is 1.94 bits per heavy atom. The molecule has 0 saturated heterocycles. The quantitative estimate of drug-likeness (QED) is 0.269. The van der Waals surface area contributed by atoms with Crippen LogP contribution in [0.25, 0.3) is 44.8 Å². The number of oxazole rings is 2. The molecule has 0 N–H and O–H groups in total. The summed E-state index contributed by atoms with van der Waals surface area (Å²) in [6.07, 6.45) is 3.96. The molecule has 0 aliphatic carbocycles. The number of pyridine rings is 1. The molecule has 0 amide bonds. The topological polar surface area (TPSA) is 65.0 Å². The van der Waals surface area contributed by atoms with Crippen LogP contribution in [-0.4, -0.2) is 15.0 Å². The maximum Gasteiger partial charge on any atom is 0.228 e. The molecule has 174 valence electrons. The summed E-state index contributed by atoms with van der Waals surface area (Å²) in [5, 5.41) is 0. The highest BCUT2D eigenvalue weighted by molar-refractivity contribution is 5.85. The number of rotatable bonds is 5. The lowest BCUT2D eigenvalue weighted by Crippen LogP contribution is -2.16. The predicted octanol–water partition coefficient (Wildman–Crippen LogP) is 8.07. The molecule has 5 nitrogen and oxygen atoms in total. The highest BCUT2D eigenvalue weighted by Gasteiger charge is 2.26. The van der Waals surface area contributed by atoms with E-state index in [0.29, 0.717) is 5.89 Å². The Hall–Kier alpha value is -3.47. The van der Waals surface area contributed by atoms with Gasteiger partial charge in [-0.3, -0.25) is 4.98 Å². The Balaban J connectivity index is 1.47. The van der Waals surface area contributed by atoms with E-state index < -0.39 is 0 Å². The van der Waals surface area contributed by atoms with Gasteiger partial charge >= 0.3 is 0 Å². The molecule has 3 heterocycles. The van der Waals surface area contributed by atoms with Gasteiger partial charge in [-0.25, -0.2) is 9.97 Å². The fourth-order valence-corrected chi connectivity index (χ4v) is 4.32. The van der Waals surface area contributed by atoms with E-state index in [9.17, 15) is 0 Å². The van der Waals surface area contributed by atoms with Gasteiger partial charge in [-0.1, -0.05) is 60.1 Å². The van der Waals surface area contributed by atoms with Crippen LogP contribution in [0.3, 0.4) is 0 Å². The average Bonchev–Trinajstić information content (AvgIpc) is 3.42. The van der Waals surface area contributed by atoms with Crippen LogP contribution in [0.2, 0.25) is 0 Å². The van der Waals surface area contributed by atoms with Gasteiger partial charge in [0.15, 0.2) is 11.2 Å². The molecule has 3 aromatic heterocycles. The second kappa shape index (κ2) is 8.08. The average molecular weight is 454 g/mol. The monoisotopic (exact) mass is 453 g/mol. The van der Waals surface area contributed by atoms with Crippen molar-refractivity contribution >= 4 is 22.2 Å². The summed E-state index contributed by atoms with van der Waals surface area (Å²) in [5.41, 5.74) is 7.20. The molecular weight excluding hydrogens is 422 g/mol. The highest BCUT2D eigenvalue weighted by Crippen LogP contribution is 2.34. The Morgan fingerprint density at radius 1 is 0.735 bits per heavy atom. The third-order valence-electron chi connectivity index (χ3n) is 6.34. The van der Waals surface area contributed by atoms with Crippen LogP contribution in [0.4, 0.5) is 0 Å². The lowest BCUT2D eigenvalue weighted by Gasteiger charge is -2.18. The van der Waals surface area contributed by atoms with E-state index in [-0.39, 0.29) is 10.8 Å². The number of benzene rings is 2. The van der Waals surface area contributed by atoms with Crippen molar-refractivity contribution in [2.45, 2.75) is 65.2 Å². The van der Waals surface area contributed by atoms with Gasteiger partial charge in [0, 0.05) is 22.7 Å². The minimum absolute atomic E-state index is 0.00582. The SMILES string of the molecule is CCCC(C)(C)c1nc2ccc(-c3ccc4nc(-c5ccc(C(C)(C)C)nc5)oc4c3)cc2o1. The normalized spacial score (nSPS) is 12.6. The van der Waals surface area contributed by atoms with Crippen LogP contribution in [0.1, 0.15) is 66.0 Å². The fourth-order valence-electron chi connectivity index (χ4n) is 4.32. The molecule has 34 heavy (non-hydrogen) atoms. The minimum Gasteiger partial charge on any atom is -0.440 e. The van der Waals surface area contributed by atoms with Crippen molar-refractivity contribution in [3.05, 3.63) is 66.3 Å². The fraction of sp³-hybridized carbons (Fsp3) is 0.345. The molecule has 5 heteroatoms. The Bertz CT molecular complexity index is 1470. The van der Waals surface area contributed by atoms with E-state index in [2.05, 4.69) is 69.7 Å². The third kappa shape index (κ3) is 4.11. The number of hydrogen-bond acceptors (Lipinski definition) is 5. The summed E-state index contributed by atoms with van der Waals surface area (Å²) in [7, 11) is 0. The molecule has 0 fully saturated rings. The largest absolute Gasteiger partial charge is 0.440 e. The summed E-state index contributed by atoms with van der Waals surface area (Å²) in [5.74, 6) is 1.37. The third-order valence-corrected chi connectivity index (χ3v) is 6.34. The van der Waals surface area contributed by atoms with Crippen molar-refractivity contribution in [2.75, 3.05) is 0 Å². The molecule has 0 unspecified atom stereocenters. The van der Waals surface area contributed by atoms with Gasteiger partial charge in [-0.2, -0.15) is 0 Å². The first-order valence-corrected chi connectivity index (χ1v) is 11.9. The minimum atomic E-state index is -0.0803. The van der Waals surface area contributed by atoms with E-state index in [1.165, 1.54) is 0 Å². The van der Waals surface area contributed by atoms with Gasteiger partial charge in [0.1, 0.15) is 11.0 Å². The molecule has 0 spiro atoms. The molecule has 0 bridgehead atoms. The van der Waals surface area contributed by atoms with Gasteiger partial charge < -0.3 is 8.83 Å². The number of hydrogen-bond donors (Lipinski definition) is 0. The second-order valence-electron chi connectivity index (χ2n) is 10.7. The zero-order chi connectivity index (χ0) is 24.1. The lowest BCUT2D eigenvalue weighted by molar-refractivity contribution is 0.359. The van der Waals surface area contributed by atoms with Crippen molar-refractivity contribution in [1.82, 2.24) is 15.0 Å². The molecule has 5 rings (SSSR count). The van der Waals surface area contributed by atoms with E-state index in [4.69, 9.17) is 13.8 Å². The summed E-state index contributed by atoms with van der Waals surface area (Å²) >= 11 is 0. The van der Waals surface area contributed by atoms with Gasteiger partial charge in [0.2, 0.25) is 11.8 Å². The summed E-state index contributed by atoms with van der Waals surface area (Å²) in [4.78, 5) is 14.0. The first-order chi connectivity index (χ1) is 16.1. The summed E-state index contributed by atoms with van der Waals surface area (Å²) in [6.45, 7) is 13.0. The van der Waals surface area contributed by atoms with Crippen LogP contribution in [-0.2, 0) is 10.8 Å². The molecule has 0 radical (unpaired) electrons. The van der Waals surface area contributed by atoms with Gasteiger partial charge in [0.25, 0.3) is 0 Å². The molecule has 0 aliphatic rings.